The number of carbonyl (C=O) groups excluding carboxylic acids is 2. The summed E-state index contributed by atoms with van der Waals surface area (Å²) in [6.45, 7) is 1.56. The minimum absolute atomic E-state index is 0.0000913. The van der Waals surface area contributed by atoms with Crippen molar-refractivity contribution in [3.63, 3.8) is 0 Å². The first-order chi connectivity index (χ1) is 9.40. The van der Waals surface area contributed by atoms with Crippen molar-refractivity contribution >= 4 is 11.9 Å². The van der Waals surface area contributed by atoms with Crippen LogP contribution in [0.2, 0.25) is 0 Å². The van der Waals surface area contributed by atoms with Crippen LogP contribution in [-0.4, -0.2) is 70.0 Å². The molecule has 0 radical (unpaired) electrons. The average Bonchev–Trinajstić information content (AvgIpc) is 2.47. The number of hydrogen-bond donors (Lipinski definition) is 4. The summed E-state index contributed by atoms with van der Waals surface area (Å²) in [7, 11) is 0. The Labute approximate surface area is 116 Å². The van der Waals surface area contributed by atoms with Crippen LogP contribution in [-0.2, 0) is 19.1 Å². The van der Waals surface area contributed by atoms with Gasteiger partial charge >= 0.3 is 11.9 Å². The Morgan fingerprint density at radius 3 is 1.85 bits per heavy atom. The van der Waals surface area contributed by atoms with Crippen molar-refractivity contribution in [1.82, 2.24) is 0 Å². The Balaban J connectivity index is 4.92. The second-order valence-electron chi connectivity index (χ2n) is 4.11. The third-order valence-electron chi connectivity index (χ3n) is 2.59. The minimum Gasteiger partial charge on any atom is -0.457 e. The summed E-state index contributed by atoms with van der Waals surface area (Å²) in [5.41, 5.74) is 0. The molecule has 0 rings (SSSR count). The van der Waals surface area contributed by atoms with Gasteiger partial charge in [0.2, 0.25) is 0 Å². The van der Waals surface area contributed by atoms with E-state index in [1.54, 1.807) is 0 Å². The third kappa shape index (κ3) is 5.83. The summed E-state index contributed by atoms with van der Waals surface area (Å²) in [6, 6.07) is 0. The zero-order valence-corrected chi connectivity index (χ0v) is 11.6. The van der Waals surface area contributed by atoms with Crippen LogP contribution >= 0.6 is 0 Å². The van der Waals surface area contributed by atoms with Gasteiger partial charge < -0.3 is 29.9 Å². The van der Waals surface area contributed by atoms with Gasteiger partial charge in [-0.25, -0.2) is 0 Å². The molecule has 0 fully saturated rings. The molecule has 4 N–H and O–H groups in total. The normalized spacial score (nSPS) is 16.9. The Morgan fingerprint density at radius 1 is 0.950 bits per heavy atom. The summed E-state index contributed by atoms with van der Waals surface area (Å²) >= 11 is 0. The van der Waals surface area contributed by atoms with Gasteiger partial charge in [-0.15, -0.1) is 0 Å². The molecule has 0 aromatic heterocycles. The molecule has 0 bridgehead atoms. The summed E-state index contributed by atoms with van der Waals surface area (Å²) in [5.74, 6) is -1.37. The third-order valence-corrected chi connectivity index (χ3v) is 2.59. The summed E-state index contributed by atoms with van der Waals surface area (Å²) in [4.78, 5) is 22.4. The highest BCUT2D eigenvalue weighted by molar-refractivity contribution is 5.69. The molecule has 0 spiro atoms. The first kappa shape index (κ1) is 18.8. The molecule has 0 unspecified atom stereocenters. The van der Waals surface area contributed by atoms with Crippen molar-refractivity contribution < 1.29 is 39.5 Å². The van der Waals surface area contributed by atoms with Crippen molar-refractivity contribution in [2.45, 2.75) is 51.1 Å². The van der Waals surface area contributed by atoms with Gasteiger partial charge in [0.05, 0.1) is 13.2 Å². The number of aliphatic hydroxyl groups excluding tert-OH is 4. The van der Waals surface area contributed by atoms with Crippen molar-refractivity contribution in [2.24, 2.45) is 0 Å². The molecule has 8 heteroatoms. The van der Waals surface area contributed by atoms with E-state index in [1.165, 1.54) is 13.8 Å². The Kier molecular flexibility index (Phi) is 9.06. The Bertz CT molecular complexity index is 306. The number of ether oxygens (including phenoxy) is 2. The van der Waals surface area contributed by atoms with E-state index in [-0.39, 0.29) is 12.8 Å². The van der Waals surface area contributed by atoms with Crippen molar-refractivity contribution in [2.75, 3.05) is 13.2 Å². The van der Waals surface area contributed by atoms with Crippen LogP contribution < -0.4 is 0 Å². The lowest BCUT2D eigenvalue weighted by atomic mass is 10.0. The number of aliphatic hydroxyl groups is 4. The van der Waals surface area contributed by atoms with Crippen molar-refractivity contribution in [3.8, 4) is 0 Å². The van der Waals surface area contributed by atoms with Crippen LogP contribution in [0.25, 0.3) is 0 Å². The molecular formula is C12H22O8. The minimum atomic E-state index is -1.66. The standard InChI is InChI=1S/C12H22O8/c1-3-9(16)19-8(6-14)11(18)12(7(15)5-13)20-10(17)4-2/h7-8,11-15,18H,3-6H2,1-2H3/t7-,8+,11+,12+/m0/s1. The molecule has 118 valence electrons. The first-order valence-electron chi connectivity index (χ1n) is 6.37. The monoisotopic (exact) mass is 294 g/mol. The highest BCUT2D eigenvalue weighted by atomic mass is 16.6. The van der Waals surface area contributed by atoms with Crippen LogP contribution in [0, 0.1) is 0 Å². The largest absolute Gasteiger partial charge is 0.457 e. The highest BCUT2D eigenvalue weighted by Gasteiger charge is 2.37. The van der Waals surface area contributed by atoms with Gasteiger partial charge in [0.15, 0.2) is 12.2 Å². The average molecular weight is 294 g/mol. The van der Waals surface area contributed by atoms with Gasteiger partial charge in [0.25, 0.3) is 0 Å². The number of esters is 2. The number of rotatable bonds is 9. The van der Waals surface area contributed by atoms with E-state index in [0.29, 0.717) is 0 Å². The smallest absolute Gasteiger partial charge is 0.305 e. The van der Waals surface area contributed by atoms with Crippen LogP contribution in [0.15, 0.2) is 0 Å². The van der Waals surface area contributed by atoms with Crippen molar-refractivity contribution in [1.29, 1.82) is 0 Å². The van der Waals surface area contributed by atoms with E-state index in [2.05, 4.69) is 0 Å². The molecule has 0 saturated carbocycles. The maximum absolute atomic E-state index is 11.2. The fraction of sp³-hybridized carbons (Fsp3) is 0.833. The summed E-state index contributed by atoms with van der Waals surface area (Å²) in [6.07, 6.45) is -6.05. The maximum Gasteiger partial charge on any atom is 0.305 e. The van der Waals surface area contributed by atoms with Crippen LogP contribution in [0.5, 0.6) is 0 Å². The van der Waals surface area contributed by atoms with E-state index in [4.69, 9.17) is 19.7 Å². The van der Waals surface area contributed by atoms with E-state index in [9.17, 15) is 19.8 Å². The summed E-state index contributed by atoms with van der Waals surface area (Å²) in [5, 5.41) is 37.5. The molecule has 8 nitrogen and oxygen atoms in total. The predicted molar refractivity (Wildman–Crippen MR) is 66.5 cm³/mol. The Hall–Kier alpha value is -1.22. The lowest BCUT2D eigenvalue weighted by molar-refractivity contribution is -0.186. The van der Waals surface area contributed by atoms with E-state index in [0.717, 1.165) is 0 Å². The van der Waals surface area contributed by atoms with Gasteiger partial charge in [-0.3, -0.25) is 9.59 Å². The molecule has 0 aliphatic carbocycles. The molecule has 0 saturated heterocycles. The fourth-order valence-corrected chi connectivity index (χ4v) is 1.39. The van der Waals surface area contributed by atoms with Gasteiger partial charge in [-0.05, 0) is 0 Å². The molecule has 0 aromatic rings. The number of hydrogen-bond acceptors (Lipinski definition) is 8. The molecule has 0 heterocycles. The van der Waals surface area contributed by atoms with Gasteiger partial charge in [0.1, 0.15) is 12.2 Å². The molecule has 0 aliphatic rings. The van der Waals surface area contributed by atoms with Crippen LogP contribution in [0.1, 0.15) is 26.7 Å². The van der Waals surface area contributed by atoms with Crippen LogP contribution in [0.3, 0.4) is 0 Å². The van der Waals surface area contributed by atoms with Gasteiger partial charge in [0, 0.05) is 12.8 Å². The topological polar surface area (TPSA) is 134 Å². The summed E-state index contributed by atoms with van der Waals surface area (Å²) < 4.78 is 9.59. The zero-order valence-electron chi connectivity index (χ0n) is 11.6. The number of carbonyl (C=O) groups is 2. The van der Waals surface area contributed by atoms with Crippen LogP contribution in [0.4, 0.5) is 0 Å². The first-order valence-corrected chi connectivity index (χ1v) is 6.37. The second-order valence-corrected chi connectivity index (χ2v) is 4.11. The molecule has 20 heavy (non-hydrogen) atoms. The second kappa shape index (κ2) is 9.65. The lowest BCUT2D eigenvalue weighted by Crippen LogP contribution is -2.50. The highest BCUT2D eigenvalue weighted by Crippen LogP contribution is 2.13. The van der Waals surface area contributed by atoms with E-state index < -0.39 is 49.6 Å². The predicted octanol–water partition coefficient (Wildman–Crippen LogP) is -1.66. The molecule has 4 atom stereocenters. The lowest BCUT2D eigenvalue weighted by Gasteiger charge is -2.30. The van der Waals surface area contributed by atoms with Crippen molar-refractivity contribution in [3.05, 3.63) is 0 Å². The Morgan fingerprint density at radius 2 is 1.45 bits per heavy atom. The molecular weight excluding hydrogens is 272 g/mol. The SMILES string of the molecule is CCC(=O)O[C@@H]([C@H](O)[C@@H](CO)OC(=O)CC)[C@@H](O)CO. The maximum atomic E-state index is 11.2. The van der Waals surface area contributed by atoms with E-state index in [1.807, 2.05) is 0 Å². The fourth-order valence-electron chi connectivity index (χ4n) is 1.39. The van der Waals surface area contributed by atoms with Gasteiger partial charge in [-0.1, -0.05) is 13.8 Å². The van der Waals surface area contributed by atoms with E-state index >= 15 is 0 Å². The molecule has 0 aromatic carbocycles. The zero-order chi connectivity index (χ0) is 15.7. The molecule has 0 amide bonds. The quantitative estimate of drug-likeness (QED) is 0.371. The van der Waals surface area contributed by atoms with Gasteiger partial charge in [-0.2, -0.15) is 0 Å². The molecule has 0 aliphatic heterocycles.